The van der Waals surface area contributed by atoms with Crippen LogP contribution in [0.5, 0.6) is 0 Å². The zero-order valence-corrected chi connectivity index (χ0v) is 11.4. The second kappa shape index (κ2) is 6.89. The number of ether oxygens (including phenoxy) is 1. The van der Waals surface area contributed by atoms with E-state index >= 15 is 0 Å². The van der Waals surface area contributed by atoms with Gasteiger partial charge >= 0.3 is 5.97 Å². The lowest BCUT2D eigenvalue weighted by Crippen LogP contribution is -2.44. The Hall–Kier alpha value is -1.88. The summed E-state index contributed by atoms with van der Waals surface area (Å²) in [6.07, 6.45) is 0.267. The second-order valence-electron chi connectivity index (χ2n) is 4.47. The fraction of sp³-hybridized carbons (Fsp3) is 0.429. The van der Waals surface area contributed by atoms with Gasteiger partial charge in [-0.1, -0.05) is 18.2 Å². The highest BCUT2D eigenvalue weighted by atomic mass is 16.5. The van der Waals surface area contributed by atoms with Gasteiger partial charge in [-0.15, -0.1) is 0 Å². The summed E-state index contributed by atoms with van der Waals surface area (Å²) < 4.78 is 4.68. The van der Waals surface area contributed by atoms with Crippen molar-refractivity contribution in [3.05, 3.63) is 34.9 Å². The number of hydrogen-bond donors (Lipinski definition) is 2. The van der Waals surface area contributed by atoms with Crippen molar-refractivity contribution in [2.75, 3.05) is 13.7 Å². The van der Waals surface area contributed by atoms with Crippen LogP contribution in [-0.2, 0) is 20.7 Å². The van der Waals surface area contributed by atoms with E-state index in [1.165, 1.54) is 7.11 Å². The minimum absolute atomic E-state index is 0.142. The summed E-state index contributed by atoms with van der Waals surface area (Å²) in [4.78, 5) is 22.6. The predicted octanol–water partition coefficient (Wildman–Crippen LogP) is 1.06. The molecule has 5 nitrogen and oxygen atoms in total. The first-order chi connectivity index (χ1) is 8.95. The monoisotopic (exact) mass is 265 g/mol. The van der Waals surface area contributed by atoms with Gasteiger partial charge in [0.15, 0.2) is 0 Å². The maximum atomic E-state index is 11.4. The largest absolute Gasteiger partial charge is 0.480 e. The van der Waals surface area contributed by atoms with Gasteiger partial charge in [-0.2, -0.15) is 0 Å². The molecule has 0 fully saturated rings. The van der Waals surface area contributed by atoms with E-state index in [0.29, 0.717) is 0 Å². The van der Waals surface area contributed by atoms with Crippen molar-refractivity contribution in [2.24, 2.45) is 0 Å². The number of methoxy groups -OCH3 is 1. The molecule has 1 aromatic carbocycles. The Balaban J connectivity index is 2.84. The van der Waals surface area contributed by atoms with Gasteiger partial charge in [0.05, 0.1) is 0 Å². The molecule has 0 bridgehead atoms. The second-order valence-corrected chi connectivity index (χ2v) is 4.47. The van der Waals surface area contributed by atoms with Gasteiger partial charge in [-0.05, 0) is 30.5 Å². The molecule has 19 heavy (non-hydrogen) atoms. The Labute approximate surface area is 112 Å². The average Bonchev–Trinajstić information content (AvgIpc) is 2.32. The van der Waals surface area contributed by atoms with Crippen LogP contribution in [0.15, 0.2) is 18.2 Å². The van der Waals surface area contributed by atoms with E-state index in [1.807, 2.05) is 32.0 Å². The van der Waals surface area contributed by atoms with E-state index in [2.05, 4.69) is 10.1 Å². The van der Waals surface area contributed by atoms with E-state index in [1.54, 1.807) is 0 Å². The summed E-state index contributed by atoms with van der Waals surface area (Å²) in [5.74, 6) is -1.48. The zero-order chi connectivity index (χ0) is 14.4. The SMILES string of the molecule is COCC(=O)N[C@@H](Cc1c(C)cccc1C)C(=O)O. The summed E-state index contributed by atoms with van der Waals surface area (Å²) in [7, 11) is 1.39. The van der Waals surface area contributed by atoms with E-state index in [9.17, 15) is 14.7 Å². The summed E-state index contributed by atoms with van der Waals surface area (Å²) in [5, 5.41) is 11.6. The zero-order valence-electron chi connectivity index (χ0n) is 11.4. The summed E-state index contributed by atoms with van der Waals surface area (Å²) >= 11 is 0. The van der Waals surface area contributed by atoms with Crippen LogP contribution in [0.1, 0.15) is 16.7 Å². The number of aliphatic carboxylic acids is 1. The van der Waals surface area contributed by atoms with Gasteiger partial charge in [-0.25, -0.2) is 4.79 Å². The normalized spacial score (nSPS) is 11.9. The molecule has 2 N–H and O–H groups in total. The molecule has 0 spiro atoms. The van der Waals surface area contributed by atoms with Crippen molar-refractivity contribution in [2.45, 2.75) is 26.3 Å². The van der Waals surface area contributed by atoms with Crippen LogP contribution in [0, 0.1) is 13.8 Å². The number of aryl methyl sites for hydroxylation is 2. The minimum Gasteiger partial charge on any atom is -0.480 e. The molecule has 1 aromatic rings. The number of hydrogen-bond acceptors (Lipinski definition) is 3. The van der Waals surface area contributed by atoms with Gasteiger partial charge in [0.2, 0.25) is 5.91 Å². The lowest BCUT2D eigenvalue weighted by Gasteiger charge is -2.17. The first-order valence-corrected chi connectivity index (χ1v) is 6.02. The molecule has 1 rings (SSSR count). The van der Waals surface area contributed by atoms with Crippen molar-refractivity contribution < 1.29 is 19.4 Å². The van der Waals surface area contributed by atoms with Crippen LogP contribution in [0.4, 0.5) is 0 Å². The molecule has 1 amide bonds. The number of carboxylic acids is 1. The minimum atomic E-state index is -1.05. The number of carboxylic acid groups (broad SMARTS) is 1. The molecule has 0 aliphatic carbocycles. The molecule has 104 valence electrons. The molecule has 0 radical (unpaired) electrons. The Bertz CT molecular complexity index is 450. The maximum absolute atomic E-state index is 11.4. The van der Waals surface area contributed by atoms with Crippen molar-refractivity contribution in [1.82, 2.24) is 5.32 Å². The smallest absolute Gasteiger partial charge is 0.326 e. The molecule has 0 saturated heterocycles. The lowest BCUT2D eigenvalue weighted by atomic mass is 9.96. The first-order valence-electron chi connectivity index (χ1n) is 6.02. The summed E-state index contributed by atoms with van der Waals surface area (Å²) in [6.45, 7) is 3.72. The highest BCUT2D eigenvalue weighted by Crippen LogP contribution is 2.15. The standard InChI is InChI=1S/C14H19NO4/c1-9-5-4-6-10(2)11(9)7-12(14(17)18)15-13(16)8-19-3/h4-6,12H,7-8H2,1-3H3,(H,15,16)(H,17,18)/t12-/m0/s1. The van der Waals surface area contributed by atoms with Gasteiger partial charge < -0.3 is 15.2 Å². The molecule has 0 heterocycles. The Morgan fingerprint density at radius 1 is 1.32 bits per heavy atom. The Kier molecular flexibility index (Phi) is 5.51. The molecule has 5 heteroatoms. The highest BCUT2D eigenvalue weighted by Gasteiger charge is 2.21. The van der Waals surface area contributed by atoms with Crippen LogP contribution in [0.2, 0.25) is 0 Å². The molecule has 0 aliphatic rings. The van der Waals surface area contributed by atoms with Crippen molar-refractivity contribution >= 4 is 11.9 Å². The van der Waals surface area contributed by atoms with Gasteiger partial charge in [0, 0.05) is 13.5 Å². The quantitative estimate of drug-likeness (QED) is 0.806. The predicted molar refractivity (Wildman–Crippen MR) is 71.1 cm³/mol. The number of carbonyl (C=O) groups is 2. The third kappa shape index (κ3) is 4.37. The van der Waals surface area contributed by atoms with E-state index in [4.69, 9.17) is 0 Å². The number of carbonyl (C=O) groups excluding carboxylic acids is 1. The highest BCUT2D eigenvalue weighted by molar-refractivity contribution is 5.84. The molecule has 0 aliphatic heterocycles. The van der Waals surface area contributed by atoms with Gasteiger partial charge in [-0.3, -0.25) is 4.79 Å². The molecule has 1 atom stereocenters. The van der Waals surface area contributed by atoms with Crippen molar-refractivity contribution in [1.29, 1.82) is 0 Å². The van der Waals surface area contributed by atoms with E-state index in [0.717, 1.165) is 16.7 Å². The number of amides is 1. The molecular weight excluding hydrogens is 246 g/mol. The number of rotatable bonds is 6. The van der Waals surface area contributed by atoms with Gasteiger partial charge in [0.25, 0.3) is 0 Å². The third-order valence-electron chi connectivity index (χ3n) is 2.96. The molecular formula is C14H19NO4. The fourth-order valence-corrected chi connectivity index (χ4v) is 1.94. The topological polar surface area (TPSA) is 75.6 Å². The van der Waals surface area contributed by atoms with Crippen LogP contribution in [-0.4, -0.2) is 36.7 Å². The fourth-order valence-electron chi connectivity index (χ4n) is 1.94. The molecule has 0 saturated carbocycles. The Morgan fingerprint density at radius 2 is 1.89 bits per heavy atom. The number of nitrogens with one attached hydrogen (secondary N) is 1. The lowest BCUT2D eigenvalue weighted by molar-refractivity contribution is -0.142. The number of benzene rings is 1. The van der Waals surface area contributed by atoms with Crippen molar-refractivity contribution in [3.63, 3.8) is 0 Å². The maximum Gasteiger partial charge on any atom is 0.326 e. The summed E-state index contributed by atoms with van der Waals surface area (Å²) in [6, 6.07) is 4.84. The average molecular weight is 265 g/mol. The van der Waals surface area contributed by atoms with Crippen molar-refractivity contribution in [3.8, 4) is 0 Å². The van der Waals surface area contributed by atoms with Gasteiger partial charge in [0.1, 0.15) is 12.6 Å². The molecule has 0 aromatic heterocycles. The van der Waals surface area contributed by atoms with Crippen LogP contribution in [0.3, 0.4) is 0 Å². The van der Waals surface area contributed by atoms with E-state index < -0.39 is 17.9 Å². The third-order valence-corrected chi connectivity index (χ3v) is 2.96. The molecule has 0 unspecified atom stereocenters. The van der Waals surface area contributed by atoms with E-state index in [-0.39, 0.29) is 13.0 Å². The van der Waals surface area contributed by atoms with Crippen LogP contribution < -0.4 is 5.32 Å². The van der Waals surface area contributed by atoms with Crippen LogP contribution >= 0.6 is 0 Å². The first kappa shape index (κ1) is 15.2. The Morgan fingerprint density at radius 3 is 2.37 bits per heavy atom. The van der Waals surface area contributed by atoms with Crippen LogP contribution in [0.25, 0.3) is 0 Å². The summed E-state index contributed by atoms with van der Waals surface area (Å²) in [5.41, 5.74) is 2.99.